The minimum Gasteiger partial charge on any atom is -0.490 e. The highest BCUT2D eigenvalue weighted by atomic mass is 19.2. The summed E-state index contributed by atoms with van der Waals surface area (Å²) >= 11 is 0. The lowest BCUT2D eigenvalue weighted by Gasteiger charge is -2.15. The number of hydrogen-bond acceptors (Lipinski definition) is 4. The van der Waals surface area contributed by atoms with Crippen LogP contribution in [0.25, 0.3) is 0 Å². The summed E-state index contributed by atoms with van der Waals surface area (Å²) in [6, 6.07) is 7.61. The molecule has 0 aromatic heterocycles. The molecule has 0 saturated carbocycles. The van der Waals surface area contributed by atoms with Crippen LogP contribution in [0.3, 0.4) is 0 Å². The molecule has 2 aromatic carbocycles. The van der Waals surface area contributed by atoms with Crippen LogP contribution in [0.4, 0.5) is 8.78 Å². The summed E-state index contributed by atoms with van der Waals surface area (Å²) in [6.45, 7) is 5.89. The van der Waals surface area contributed by atoms with Crippen LogP contribution in [0, 0.1) is 11.6 Å². The van der Waals surface area contributed by atoms with Crippen LogP contribution in [0.2, 0.25) is 0 Å². The van der Waals surface area contributed by atoms with Gasteiger partial charge in [-0.2, -0.15) is 0 Å². The zero-order chi connectivity index (χ0) is 21.4. The lowest BCUT2D eigenvalue weighted by molar-refractivity contribution is -0.120. The first kappa shape index (κ1) is 22.1. The van der Waals surface area contributed by atoms with Gasteiger partial charge in [0, 0.05) is 5.56 Å². The second-order valence-electron chi connectivity index (χ2n) is 6.17. The molecular weight excluding hydrogens is 382 g/mol. The fourth-order valence-corrected chi connectivity index (χ4v) is 2.61. The SMILES string of the molecule is CCOc1ccc(C(=O)NCC(=O)NC(C)c2ccc(F)c(F)c2)cc1OCC. The van der Waals surface area contributed by atoms with E-state index in [1.54, 1.807) is 25.1 Å². The van der Waals surface area contributed by atoms with E-state index in [2.05, 4.69) is 10.6 Å². The van der Waals surface area contributed by atoms with E-state index in [0.717, 1.165) is 12.1 Å². The van der Waals surface area contributed by atoms with E-state index in [4.69, 9.17) is 9.47 Å². The second kappa shape index (κ2) is 10.4. The summed E-state index contributed by atoms with van der Waals surface area (Å²) in [5.41, 5.74) is 0.731. The van der Waals surface area contributed by atoms with E-state index in [1.165, 1.54) is 6.07 Å². The summed E-state index contributed by atoms with van der Waals surface area (Å²) in [7, 11) is 0. The molecule has 1 atom stereocenters. The van der Waals surface area contributed by atoms with Crippen molar-refractivity contribution in [3.05, 3.63) is 59.2 Å². The number of rotatable bonds is 9. The number of halogens is 2. The van der Waals surface area contributed by atoms with Crippen molar-refractivity contribution >= 4 is 11.8 Å². The molecule has 0 heterocycles. The molecule has 2 rings (SSSR count). The van der Waals surface area contributed by atoms with Gasteiger partial charge in [-0.15, -0.1) is 0 Å². The molecule has 8 heteroatoms. The fourth-order valence-electron chi connectivity index (χ4n) is 2.61. The third-order valence-corrected chi connectivity index (χ3v) is 4.04. The zero-order valence-corrected chi connectivity index (χ0v) is 16.6. The lowest BCUT2D eigenvalue weighted by Crippen LogP contribution is -2.38. The second-order valence-corrected chi connectivity index (χ2v) is 6.17. The van der Waals surface area contributed by atoms with Crippen molar-refractivity contribution in [3.8, 4) is 11.5 Å². The number of nitrogens with one attached hydrogen (secondary N) is 2. The molecule has 0 fully saturated rings. The number of benzene rings is 2. The van der Waals surface area contributed by atoms with E-state index < -0.39 is 29.5 Å². The van der Waals surface area contributed by atoms with Gasteiger partial charge in [-0.1, -0.05) is 6.07 Å². The smallest absolute Gasteiger partial charge is 0.251 e. The van der Waals surface area contributed by atoms with Crippen LogP contribution in [-0.4, -0.2) is 31.6 Å². The monoisotopic (exact) mass is 406 g/mol. The largest absolute Gasteiger partial charge is 0.490 e. The van der Waals surface area contributed by atoms with Gasteiger partial charge >= 0.3 is 0 Å². The number of carbonyl (C=O) groups excluding carboxylic acids is 2. The van der Waals surface area contributed by atoms with Gasteiger partial charge in [0.1, 0.15) is 0 Å². The molecule has 0 bridgehead atoms. The Kier molecular flexibility index (Phi) is 7.94. The number of hydrogen-bond donors (Lipinski definition) is 2. The zero-order valence-electron chi connectivity index (χ0n) is 16.6. The third-order valence-electron chi connectivity index (χ3n) is 4.04. The van der Waals surface area contributed by atoms with Gasteiger partial charge in [0.15, 0.2) is 23.1 Å². The summed E-state index contributed by atoms with van der Waals surface area (Å²) < 4.78 is 37.3. The normalized spacial score (nSPS) is 11.5. The van der Waals surface area contributed by atoms with Crippen LogP contribution in [0.5, 0.6) is 11.5 Å². The van der Waals surface area contributed by atoms with Crippen molar-refractivity contribution in [2.24, 2.45) is 0 Å². The van der Waals surface area contributed by atoms with Gasteiger partial charge in [0.25, 0.3) is 5.91 Å². The first-order chi connectivity index (χ1) is 13.8. The molecule has 0 saturated heterocycles. The van der Waals surface area contributed by atoms with E-state index in [1.807, 2.05) is 13.8 Å². The maximum Gasteiger partial charge on any atom is 0.251 e. The molecule has 2 aromatic rings. The molecule has 0 aliphatic heterocycles. The Hall–Kier alpha value is -3.16. The van der Waals surface area contributed by atoms with Crippen molar-refractivity contribution in [2.45, 2.75) is 26.8 Å². The summed E-state index contributed by atoms with van der Waals surface area (Å²) in [5, 5.41) is 5.14. The quantitative estimate of drug-likeness (QED) is 0.670. The Labute approximate surface area is 168 Å². The lowest BCUT2D eigenvalue weighted by atomic mass is 10.1. The Morgan fingerprint density at radius 1 is 0.966 bits per heavy atom. The molecule has 0 aliphatic rings. The van der Waals surface area contributed by atoms with E-state index in [-0.39, 0.29) is 6.54 Å². The summed E-state index contributed by atoms with van der Waals surface area (Å²) in [6.07, 6.45) is 0. The molecule has 1 unspecified atom stereocenters. The van der Waals surface area contributed by atoms with E-state index in [9.17, 15) is 18.4 Å². The minimum absolute atomic E-state index is 0.274. The maximum absolute atomic E-state index is 13.3. The van der Waals surface area contributed by atoms with Gasteiger partial charge in [-0.25, -0.2) is 8.78 Å². The highest BCUT2D eigenvalue weighted by Crippen LogP contribution is 2.28. The van der Waals surface area contributed by atoms with E-state index in [0.29, 0.717) is 35.8 Å². The Bertz CT molecular complexity index is 874. The van der Waals surface area contributed by atoms with Crippen molar-refractivity contribution < 1.29 is 27.8 Å². The Balaban J connectivity index is 1.94. The molecule has 2 N–H and O–H groups in total. The molecule has 0 radical (unpaired) electrons. The summed E-state index contributed by atoms with van der Waals surface area (Å²) in [4.78, 5) is 24.4. The van der Waals surface area contributed by atoms with Gasteiger partial charge in [-0.05, 0) is 56.7 Å². The maximum atomic E-state index is 13.3. The van der Waals surface area contributed by atoms with Gasteiger partial charge in [0.2, 0.25) is 5.91 Å². The number of carbonyl (C=O) groups is 2. The van der Waals surface area contributed by atoms with E-state index >= 15 is 0 Å². The molecule has 156 valence electrons. The van der Waals surface area contributed by atoms with Gasteiger partial charge < -0.3 is 20.1 Å². The molecular formula is C21H24F2N2O4. The predicted octanol–water partition coefficient (Wildman–Crippen LogP) is 3.37. The number of amides is 2. The van der Waals surface area contributed by atoms with Crippen molar-refractivity contribution in [2.75, 3.05) is 19.8 Å². The molecule has 2 amide bonds. The topological polar surface area (TPSA) is 76.7 Å². The Morgan fingerprint density at radius 2 is 1.66 bits per heavy atom. The van der Waals surface area contributed by atoms with Crippen molar-refractivity contribution in [1.82, 2.24) is 10.6 Å². The summed E-state index contributed by atoms with van der Waals surface area (Å²) in [5.74, 6) is -1.89. The van der Waals surface area contributed by atoms with Crippen LogP contribution >= 0.6 is 0 Å². The third kappa shape index (κ3) is 6.17. The molecule has 0 spiro atoms. The Morgan fingerprint density at radius 3 is 2.31 bits per heavy atom. The van der Waals surface area contributed by atoms with Crippen LogP contribution < -0.4 is 20.1 Å². The van der Waals surface area contributed by atoms with Crippen molar-refractivity contribution in [3.63, 3.8) is 0 Å². The standard InChI is InChI=1S/C21H24F2N2O4/c1-4-28-18-9-7-15(11-19(18)29-5-2)21(27)24-12-20(26)25-13(3)14-6-8-16(22)17(23)10-14/h6-11,13H,4-5,12H2,1-3H3,(H,24,27)(H,25,26). The molecule has 0 aliphatic carbocycles. The minimum atomic E-state index is -0.988. The van der Waals surface area contributed by atoms with Crippen LogP contribution in [0.15, 0.2) is 36.4 Å². The van der Waals surface area contributed by atoms with Gasteiger partial charge in [-0.3, -0.25) is 9.59 Å². The first-order valence-electron chi connectivity index (χ1n) is 9.27. The fraction of sp³-hybridized carbons (Fsp3) is 0.333. The highest BCUT2D eigenvalue weighted by Gasteiger charge is 2.15. The average Bonchev–Trinajstić information content (AvgIpc) is 2.69. The molecule has 6 nitrogen and oxygen atoms in total. The van der Waals surface area contributed by atoms with Crippen molar-refractivity contribution in [1.29, 1.82) is 0 Å². The highest BCUT2D eigenvalue weighted by molar-refractivity contribution is 5.97. The van der Waals surface area contributed by atoms with Crippen LogP contribution in [-0.2, 0) is 4.79 Å². The first-order valence-corrected chi connectivity index (χ1v) is 9.27. The van der Waals surface area contributed by atoms with Crippen LogP contribution in [0.1, 0.15) is 42.7 Å². The van der Waals surface area contributed by atoms with Gasteiger partial charge in [0.05, 0.1) is 25.8 Å². The predicted molar refractivity (Wildman–Crippen MR) is 104 cm³/mol. The molecule has 29 heavy (non-hydrogen) atoms. The average molecular weight is 406 g/mol. The number of ether oxygens (including phenoxy) is 2.